The summed E-state index contributed by atoms with van der Waals surface area (Å²) in [5, 5.41) is 8.67. The van der Waals surface area contributed by atoms with E-state index < -0.39 is 10.2 Å². The highest BCUT2D eigenvalue weighted by molar-refractivity contribution is 7.87. The molecule has 1 rings (SSSR count). The van der Waals surface area contributed by atoms with Crippen LogP contribution in [0.4, 0.5) is 0 Å². The fourth-order valence-corrected chi connectivity index (χ4v) is 3.07. The first kappa shape index (κ1) is 13.9. The van der Waals surface area contributed by atoms with Crippen molar-refractivity contribution in [3.63, 3.8) is 0 Å². The zero-order valence-corrected chi connectivity index (χ0v) is 11.0. The van der Waals surface area contributed by atoms with Crippen LogP contribution in [-0.4, -0.2) is 43.6 Å². The lowest BCUT2D eigenvalue weighted by atomic mass is 10.0. The Morgan fingerprint density at radius 3 is 2.44 bits per heavy atom. The molecule has 0 unspecified atom stereocenters. The van der Waals surface area contributed by atoms with E-state index in [0.717, 1.165) is 12.8 Å². The minimum absolute atomic E-state index is 0.00583. The summed E-state index contributed by atoms with van der Waals surface area (Å²) in [6.07, 6.45) is 2.65. The van der Waals surface area contributed by atoms with Crippen molar-refractivity contribution in [3.05, 3.63) is 0 Å². The van der Waals surface area contributed by atoms with Crippen LogP contribution in [0, 0.1) is 5.92 Å². The van der Waals surface area contributed by atoms with Gasteiger partial charge in [0.05, 0.1) is 0 Å². The zero-order valence-electron chi connectivity index (χ0n) is 10.2. The number of nitrogens with one attached hydrogen (secondary N) is 1. The Hall–Kier alpha value is -0.170. The summed E-state index contributed by atoms with van der Waals surface area (Å²) >= 11 is 0. The zero-order chi connectivity index (χ0) is 12.4. The Morgan fingerprint density at radius 2 is 2.00 bits per heavy atom. The van der Waals surface area contributed by atoms with Gasteiger partial charge in [0.1, 0.15) is 0 Å². The lowest BCUT2D eigenvalue weighted by Crippen LogP contribution is -2.50. The Kier molecular flexibility index (Phi) is 4.34. The monoisotopic (exact) mass is 250 g/mol. The van der Waals surface area contributed by atoms with E-state index in [4.69, 9.17) is 5.11 Å². The topological polar surface area (TPSA) is 69.6 Å². The van der Waals surface area contributed by atoms with Gasteiger partial charge in [-0.15, -0.1) is 0 Å². The maximum atomic E-state index is 11.9. The van der Waals surface area contributed by atoms with E-state index in [1.54, 1.807) is 0 Å². The van der Waals surface area contributed by atoms with Crippen molar-refractivity contribution in [3.8, 4) is 0 Å². The van der Waals surface area contributed by atoms with Gasteiger partial charge in [0.2, 0.25) is 0 Å². The fourth-order valence-electron chi connectivity index (χ4n) is 1.71. The number of nitrogens with zero attached hydrogens (tertiary/aromatic N) is 1. The highest BCUT2D eigenvalue weighted by Gasteiger charge is 2.41. The summed E-state index contributed by atoms with van der Waals surface area (Å²) < 4.78 is 27.8. The first-order valence-electron chi connectivity index (χ1n) is 5.65. The Balaban J connectivity index is 2.56. The summed E-state index contributed by atoms with van der Waals surface area (Å²) in [6, 6.07) is 0. The van der Waals surface area contributed by atoms with E-state index >= 15 is 0 Å². The van der Waals surface area contributed by atoms with Crippen molar-refractivity contribution in [1.29, 1.82) is 0 Å². The second kappa shape index (κ2) is 5.00. The van der Waals surface area contributed by atoms with Gasteiger partial charge in [0.15, 0.2) is 0 Å². The molecule has 0 saturated heterocycles. The summed E-state index contributed by atoms with van der Waals surface area (Å²) in [5.41, 5.74) is -0.369. The van der Waals surface area contributed by atoms with Crippen molar-refractivity contribution < 1.29 is 13.5 Å². The SMILES string of the molecule is CN(CCCO)S(=O)(=O)NC(C)(C)C1CC1. The van der Waals surface area contributed by atoms with Crippen LogP contribution in [0.15, 0.2) is 0 Å². The number of hydrogen-bond acceptors (Lipinski definition) is 3. The van der Waals surface area contributed by atoms with Crippen LogP contribution in [0.25, 0.3) is 0 Å². The first-order valence-corrected chi connectivity index (χ1v) is 7.09. The van der Waals surface area contributed by atoms with Crippen molar-refractivity contribution in [2.45, 2.75) is 38.6 Å². The summed E-state index contributed by atoms with van der Waals surface area (Å²) in [5.74, 6) is 0.452. The minimum atomic E-state index is -3.42. The van der Waals surface area contributed by atoms with Gasteiger partial charge in [-0.1, -0.05) is 0 Å². The van der Waals surface area contributed by atoms with Gasteiger partial charge < -0.3 is 5.11 Å². The molecule has 6 heteroatoms. The third kappa shape index (κ3) is 3.69. The van der Waals surface area contributed by atoms with Crippen LogP contribution in [0.1, 0.15) is 33.1 Å². The molecule has 1 aliphatic carbocycles. The molecule has 2 N–H and O–H groups in total. The Bertz CT molecular complexity index is 323. The van der Waals surface area contributed by atoms with Crippen LogP contribution >= 0.6 is 0 Å². The van der Waals surface area contributed by atoms with Gasteiger partial charge in [-0.25, -0.2) is 0 Å². The molecule has 0 aliphatic heterocycles. The van der Waals surface area contributed by atoms with E-state index in [0.29, 0.717) is 18.9 Å². The third-order valence-corrected chi connectivity index (χ3v) is 4.82. The van der Waals surface area contributed by atoms with Crippen LogP contribution in [0.5, 0.6) is 0 Å². The number of rotatable bonds is 7. The van der Waals surface area contributed by atoms with Crippen LogP contribution in [0.3, 0.4) is 0 Å². The normalized spacial score (nSPS) is 18.1. The smallest absolute Gasteiger partial charge is 0.279 e. The van der Waals surface area contributed by atoms with Gasteiger partial charge in [0, 0.05) is 25.7 Å². The molecule has 96 valence electrons. The molecule has 0 heterocycles. The molecule has 0 spiro atoms. The molecular weight excluding hydrogens is 228 g/mol. The van der Waals surface area contributed by atoms with Crippen molar-refractivity contribution >= 4 is 10.2 Å². The fraction of sp³-hybridized carbons (Fsp3) is 1.00. The first-order chi connectivity index (χ1) is 7.29. The van der Waals surface area contributed by atoms with Gasteiger partial charge in [-0.3, -0.25) is 0 Å². The summed E-state index contributed by atoms with van der Waals surface area (Å²) in [4.78, 5) is 0. The molecule has 1 fully saturated rings. The van der Waals surface area contributed by atoms with E-state index in [-0.39, 0.29) is 12.1 Å². The summed E-state index contributed by atoms with van der Waals surface area (Å²) in [6.45, 7) is 4.18. The molecule has 0 aromatic carbocycles. The lowest BCUT2D eigenvalue weighted by Gasteiger charge is -2.28. The molecule has 16 heavy (non-hydrogen) atoms. The molecule has 0 radical (unpaired) electrons. The molecule has 5 nitrogen and oxygen atoms in total. The maximum Gasteiger partial charge on any atom is 0.279 e. The highest BCUT2D eigenvalue weighted by Crippen LogP contribution is 2.39. The standard InChI is InChI=1S/C10H22N2O3S/c1-10(2,9-5-6-9)11-16(14,15)12(3)7-4-8-13/h9,11,13H,4-8H2,1-3H3. The number of aliphatic hydroxyl groups is 1. The lowest BCUT2D eigenvalue weighted by molar-refractivity contribution is 0.274. The molecular formula is C10H22N2O3S. The second-order valence-electron chi connectivity index (χ2n) is 5.00. The van der Waals surface area contributed by atoms with Crippen molar-refractivity contribution in [2.75, 3.05) is 20.2 Å². The number of hydrogen-bond donors (Lipinski definition) is 2. The maximum absolute atomic E-state index is 11.9. The van der Waals surface area contributed by atoms with E-state index in [1.165, 1.54) is 11.4 Å². The van der Waals surface area contributed by atoms with Crippen LogP contribution in [-0.2, 0) is 10.2 Å². The summed E-state index contributed by atoms with van der Waals surface area (Å²) in [7, 11) is -1.89. The average Bonchev–Trinajstić information content (AvgIpc) is 2.95. The minimum Gasteiger partial charge on any atom is -0.396 e. The largest absolute Gasteiger partial charge is 0.396 e. The predicted octanol–water partition coefficient (Wildman–Crippen LogP) is 0.324. The van der Waals surface area contributed by atoms with Crippen LogP contribution in [0.2, 0.25) is 0 Å². The quantitative estimate of drug-likeness (QED) is 0.684. The Labute approximate surface area is 98.0 Å². The average molecular weight is 250 g/mol. The molecule has 0 bridgehead atoms. The third-order valence-electron chi connectivity index (χ3n) is 3.03. The van der Waals surface area contributed by atoms with E-state index in [2.05, 4.69) is 4.72 Å². The number of aliphatic hydroxyl groups excluding tert-OH is 1. The van der Waals surface area contributed by atoms with E-state index in [1.807, 2.05) is 13.8 Å². The molecule has 1 aliphatic rings. The second-order valence-corrected chi connectivity index (χ2v) is 6.78. The van der Waals surface area contributed by atoms with Crippen molar-refractivity contribution in [2.24, 2.45) is 5.92 Å². The van der Waals surface area contributed by atoms with Crippen molar-refractivity contribution in [1.82, 2.24) is 9.03 Å². The van der Waals surface area contributed by atoms with Gasteiger partial charge >= 0.3 is 0 Å². The molecule has 0 aromatic rings. The van der Waals surface area contributed by atoms with E-state index in [9.17, 15) is 8.42 Å². The predicted molar refractivity (Wildman–Crippen MR) is 63.2 cm³/mol. The molecule has 0 atom stereocenters. The molecule has 0 amide bonds. The van der Waals surface area contributed by atoms with Gasteiger partial charge in [0.25, 0.3) is 10.2 Å². The Morgan fingerprint density at radius 1 is 1.44 bits per heavy atom. The van der Waals surface area contributed by atoms with Gasteiger partial charge in [-0.05, 0) is 39.0 Å². The molecule has 1 saturated carbocycles. The molecule has 0 aromatic heterocycles. The van der Waals surface area contributed by atoms with Crippen LogP contribution < -0.4 is 4.72 Å². The van der Waals surface area contributed by atoms with Gasteiger partial charge in [-0.2, -0.15) is 17.4 Å². The highest BCUT2D eigenvalue weighted by atomic mass is 32.2.